The fraction of sp³-hybridized carbons (Fsp3) is 0. The molecule has 2 nitrogen and oxygen atoms in total. The van der Waals surface area contributed by atoms with Gasteiger partial charge in [0.1, 0.15) is 23.0 Å². The molecule has 0 atom stereocenters. The summed E-state index contributed by atoms with van der Waals surface area (Å²) in [6, 6.07) is 6.78. The first kappa shape index (κ1) is 12.2. The molecule has 1 N–H and O–H groups in total. The Bertz CT molecular complexity index is 606. The summed E-state index contributed by atoms with van der Waals surface area (Å²) in [7, 11) is 0. The minimum atomic E-state index is -1.69. The van der Waals surface area contributed by atoms with Gasteiger partial charge in [0.15, 0.2) is 0 Å². The molecule has 18 heavy (non-hydrogen) atoms. The summed E-state index contributed by atoms with van der Waals surface area (Å²) in [4.78, 5) is 10.7. The van der Waals surface area contributed by atoms with Gasteiger partial charge in [-0.15, -0.1) is 0 Å². The van der Waals surface area contributed by atoms with Crippen LogP contribution in [0.1, 0.15) is 10.4 Å². The summed E-state index contributed by atoms with van der Waals surface area (Å²) >= 11 is 0. The molecule has 2 aromatic carbocycles. The number of carboxylic acid groups (broad SMARTS) is 1. The molecule has 0 aliphatic heterocycles. The first-order chi connectivity index (χ1) is 8.50. The zero-order valence-corrected chi connectivity index (χ0v) is 8.95. The summed E-state index contributed by atoms with van der Waals surface area (Å²) in [5.74, 6) is -4.51. The molecule has 0 saturated carbocycles. The van der Waals surface area contributed by atoms with E-state index >= 15 is 0 Å². The zero-order valence-electron chi connectivity index (χ0n) is 8.95. The van der Waals surface area contributed by atoms with Crippen molar-refractivity contribution in [2.24, 2.45) is 0 Å². The third-order valence-electron chi connectivity index (χ3n) is 2.46. The highest BCUT2D eigenvalue weighted by atomic mass is 19.1. The minimum Gasteiger partial charge on any atom is -0.477 e. The van der Waals surface area contributed by atoms with Gasteiger partial charge in [-0.1, -0.05) is 12.1 Å². The topological polar surface area (TPSA) is 37.3 Å². The van der Waals surface area contributed by atoms with Crippen LogP contribution >= 0.6 is 0 Å². The van der Waals surface area contributed by atoms with Crippen LogP contribution in [0.5, 0.6) is 0 Å². The van der Waals surface area contributed by atoms with Crippen molar-refractivity contribution in [2.45, 2.75) is 0 Å². The van der Waals surface area contributed by atoms with Crippen molar-refractivity contribution in [3.05, 3.63) is 59.4 Å². The molecule has 0 radical (unpaired) electrons. The molecular formula is C13H7F3O2. The Morgan fingerprint density at radius 2 is 1.56 bits per heavy atom. The lowest BCUT2D eigenvalue weighted by atomic mass is 10.0. The van der Waals surface area contributed by atoms with E-state index in [0.29, 0.717) is 0 Å². The molecule has 0 aliphatic carbocycles. The summed E-state index contributed by atoms with van der Waals surface area (Å²) in [6.45, 7) is 0. The molecule has 0 aromatic heterocycles. The van der Waals surface area contributed by atoms with Crippen LogP contribution in [0, 0.1) is 17.5 Å². The zero-order chi connectivity index (χ0) is 13.3. The van der Waals surface area contributed by atoms with Crippen molar-refractivity contribution in [3.8, 4) is 11.1 Å². The van der Waals surface area contributed by atoms with E-state index in [2.05, 4.69) is 0 Å². The van der Waals surface area contributed by atoms with E-state index in [1.54, 1.807) is 0 Å². The third-order valence-corrected chi connectivity index (χ3v) is 2.46. The minimum absolute atomic E-state index is 0.0891. The lowest BCUT2D eigenvalue weighted by Gasteiger charge is -2.07. The van der Waals surface area contributed by atoms with Crippen molar-refractivity contribution in [2.75, 3.05) is 0 Å². The van der Waals surface area contributed by atoms with E-state index in [1.807, 2.05) is 0 Å². The first-order valence-corrected chi connectivity index (χ1v) is 4.98. The second-order valence-corrected chi connectivity index (χ2v) is 3.60. The molecule has 0 heterocycles. The maximum Gasteiger partial charge on any atom is 0.341 e. The van der Waals surface area contributed by atoms with Crippen LogP contribution in [-0.2, 0) is 0 Å². The predicted octanol–water partition coefficient (Wildman–Crippen LogP) is 3.47. The normalized spacial score (nSPS) is 10.4. The summed E-state index contributed by atoms with van der Waals surface area (Å²) in [5.41, 5.74) is -0.831. The monoisotopic (exact) mass is 252 g/mol. The Labute approximate surface area is 100 Å². The average Bonchev–Trinajstić information content (AvgIpc) is 2.30. The number of benzene rings is 2. The second-order valence-electron chi connectivity index (χ2n) is 3.60. The van der Waals surface area contributed by atoms with Crippen LogP contribution in [0.25, 0.3) is 11.1 Å². The van der Waals surface area contributed by atoms with E-state index in [1.165, 1.54) is 12.1 Å². The van der Waals surface area contributed by atoms with Gasteiger partial charge < -0.3 is 5.11 Å². The van der Waals surface area contributed by atoms with Crippen LogP contribution in [0.15, 0.2) is 36.4 Å². The molecular weight excluding hydrogens is 245 g/mol. The van der Waals surface area contributed by atoms with E-state index in [0.717, 1.165) is 24.3 Å². The van der Waals surface area contributed by atoms with Gasteiger partial charge in [0.2, 0.25) is 0 Å². The standard InChI is InChI=1S/C13H7F3O2/c14-8-3-1-7(2-4-8)9-5-6-10(15)11(12(9)16)13(17)18/h1-6H,(H,17,18). The van der Waals surface area contributed by atoms with Gasteiger partial charge in [-0.25, -0.2) is 18.0 Å². The van der Waals surface area contributed by atoms with Crippen LogP contribution < -0.4 is 0 Å². The Kier molecular flexibility index (Phi) is 3.06. The summed E-state index contributed by atoms with van der Waals surface area (Å²) in [6.07, 6.45) is 0. The van der Waals surface area contributed by atoms with Crippen molar-refractivity contribution in [1.29, 1.82) is 0 Å². The van der Waals surface area contributed by atoms with Gasteiger partial charge in [0, 0.05) is 5.56 Å². The maximum absolute atomic E-state index is 13.9. The van der Waals surface area contributed by atoms with Crippen molar-refractivity contribution >= 4 is 5.97 Å². The Morgan fingerprint density at radius 3 is 2.11 bits per heavy atom. The fourth-order valence-corrected chi connectivity index (χ4v) is 1.60. The number of carbonyl (C=O) groups is 1. The number of aromatic carboxylic acids is 1. The molecule has 0 aliphatic rings. The van der Waals surface area contributed by atoms with Gasteiger partial charge in [0.25, 0.3) is 0 Å². The molecule has 0 amide bonds. The molecule has 92 valence electrons. The average molecular weight is 252 g/mol. The third kappa shape index (κ3) is 2.07. The van der Waals surface area contributed by atoms with Crippen LogP contribution in [-0.4, -0.2) is 11.1 Å². The molecule has 0 fully saturated rings. The largest absolute Gasteiger partial charge is 0.477 e. The molecule has 2 aromatic rings. The van der Waals surface area contributed by atoms with Crippen molar-refractivity contribution in [3.63, 3.8) is 0 Å². The van der Waals surface area contributed by atoms with E-state index in [-0.39, 0.29) is 11.1 Å². The predicted molar refractivity (Wildman–Crippen MR) is 58.7 cm³/mol. The Morgan fingerprint density at radius 1 is 0.944 bits per heavy atom. The molecule has 2 rings (SSSR count). The number of hydrogen-bond acceptors (Lipinski definition) is 1. The van der Waals surface area contributed by atoms with Crippen molar-refractivity contribution < 1.29 is 23.1 Å². The van der Waals surface area contributed by atoms with Crippen molar-refractivity contribution in [1.82, 2.24) is 0 Å². The highest BCUT2D eigenvalue weighted by Crippen LogP contribution is 2.26. The second kappa shape index (κ2) is 4.52. The molecule has 0 bridgehead atoms. The van der Waals surface area contributed by atoms with Gasteiger partial charge in [-0.05, 0) is 29.8 Å². The summed E-state index contributed by atoms with van der Waals surface area (Å²) < 4.78 is 39.8. The van der Waals surface area contributed by atoms with Gasteiger partial charge in [-0.3, -0.25) is 0 Å². The molecule has 0 saturated heterocycles. The van der Waals surface area contributed by atoms with E-state index in [4.69, 9.17) is 5.11 Å². The van der Waals surface area contributed by atoms with Crippen LogP contribution in [0.4, 0.5) is 13.2 Å². The highest BCUT2D eigenvalue weighted by Gasteiger charge is 2.20. The molecule has 0 unspecified atom stereocenters. The van der Waals surface area contributed by atoms with Crippen LogP contribution in [0.2, 0.25) is 0 Å². The number of carboxylic acids is 1. The van der Waals surface area contributed by atoms with E-state index < -0.39 is 29.0 Å². The number of rotatable bonds is 2. The fourth-order valence-electron chi connectivity index (χ4n) is 1.60. The molecule has 0 spiro atoms. The van der Waals surface area contributed by atoms with Gasteiger partial charge >= 0.3 is 5.97 Å². The maximum atomic E-state index is 13.9. The number of hydrogen-bond donors (Lipinski definition) is 1. The van der Waals surface area contributed by atoms with E-state index in [9.17, 15) is 18.0 Å². The summed E-state index contributed by atoms with van der Waals surface area (Å²) in [5, 5.41) is 8.72. The Hall–Kier alpha value is -2.30. The smallest absolute Gasteiger partial charge is 0.341 e. The lowest BCUT2D eigenvalue weighted by Crippen LogP contribution is -2.05. The Balaban J connectivity index is 2.62. The van der Waals surface area contributed by atoms with Crippen LogP contribution in [0.3, 0.4) is 0 Å². The molecule has 5 heteroatoms. The highest BCUT2D eigenvalue weighted by molar-refractivity contribution is 5.90. The SMILES string of the molecule is O=C(O)c1c(F)ccc(-c2ccc(F)cc2)c1F. The van der Waals surface area contributed by atoms with Gasteiger partial charge in [0.05, 0.1) is 0 Å². The first-order valence-electron chi connectivity index (χ1n) is 4.98. The lowest BCUT2D eigenvalue weighted by molar-refractivity contribution is 0.0686. The quantitative estimate of drug-likeness (QED) is 0.888. The van der Waals surface area contributed by atoms with Gasteiger partial charge in [-0.2, -0.15) is 0 Å². The number of halogens is 3.